The van der Waals surface area contributed by atoms with Crippen LogP contribution >= 0.6 is 0 Å². The van der Waals surface area contributed by atoms with Gasteiger partial charge in [-0.25, -0.2) is 0 Å². The van der Waals surface area contributed by atoms with Crippen molar-refractivity contribution in [2.24, 2.45) is 0 Å². The van der Waals surface area contributed by atoms with E-state index in [0.717, 1.165) is 16.7 Å². The lowest BCUT2D eigenvalue weighted by atomic mass is 9.77. The zero-order valence-corrected chi connectivity index (χ0v) is 11.6. The highest BCUT2D eigenvalue weighted by atomic mass is 16.7. The van der Waals surface area contributed by atoms with Gasteiger partial charge in [0.1, 0.15) is 0 Å². The van der Waals surface area contributed by atoms with Gasteiger partial charge in [0.15, 0.2) is 0 Å². The summed E-state index contributed by atoms with van der Waals surface area (Å²) in [6.45, 7) is 9.98. The van der Waals surface area contributed by atoms with Crippen LogP contribution in [0.5, 0.6) is 0 Å². The van der Waals surface area contributed by atoms with Crippen molar-refractivity contribution in [2.45, 2.75) is 45.8 Å². The predicted octanol–water partition coefficient (Wildman–Crippen LogP) is 1.67. The minimum absolute atomic E-state index is 0.367. The number of hydrogen-bond acceptors (Lipinski definition) is 3. The molecule has 4 heteroatoms. The second-order valence-electron chi connectivity index (χ2n) is 5.65. The molecule has 94 valence electrons. The predicted molar refractivity (Wildman–Crippen MR) is 72.6 cm³/mol. The van der Waals surface area contributed by atoms with Crippen molar-refractivity contribution >= 4 is 12.6 Å². The van der Waals surface area contributed by atoms with Crippen LogP contribution in [0, 0.1) is 19.3 Å². The Hall–Kier alpha value is -1.31. The average molecular weight is 243 g/mol. The van der Waals surface area contributed by atoms with Crippen molar-refractivity contribution in [1.29, 1.82) is 0 Å². The molecule has 1 aromatic rings. The number of hydrogen-bond donors (Lipinski definition) is 0. The Morgan fingerprint density at radius 2 is 1.78 bits per heavy atom. The Kier molecular flexibility index (Phi) is 3.00. The maximum Gasteiger partial charge on any atom is 0.497 e. The molecular weight excluding hydrogens is 225 g/mol. The summed E-state index contributed by atoms with van der Waals surface area (Å²) in [5.41, 5.74) is 1.76. The fourth-order valence-electron chi connectivity index (χ4n) is 1.85. The summed E-state index contributed by atoms with van der Waals surface area (Å²) in [7, 11) is -0.450. The summed E-state index contributed by atoms with van der Waals surface area (Å²) in [5.74, 6) is 2.67. The minimum atomic E-state index is -0.450. The molecule has 1 fully saturated rings. The van der Waals surface area contributed by atoms with E-state index in [1.54, 1.807) is 6.20 Å². The molecule has 1 aliphatic heterocycles. The van der Waals surface area contributed by atoms with E-state index in [1.165, 1.54) is 0 Å². The summed E-state index contributed by atoms with van der Waals surface area (Å²) in [5, 5.41) is 0. The highest BCUT2D eigenvalue weighted by molar-refractivity contribution is 6.62. The lowest BCUT2D eigenvalue weighted by Gasteiger charge is -2.32. The normalized spacial score (nSPS) is 20.8. The highest BCUT2D eigenvalue weighted by Gasteiger charge is 2.52. The molecule has 2 rings (SSSR count). The van der Waals surface area contributed by atoms with Crippen molar-refractivity contribution < 1.29 is 9.31 Å². The second-order valence-corrected chi connectivity index (χ2v) is 5.65. The molecule has 0 radical (unpaired) electrons. The molecule has 2 heterocycles. The molecule has 0 N–H and O–H groups in total. The van der Waals surface area contributed by atoms with Gasteiger partial charge in [0.2, 0.25) is 0 Å². The average Bonchev–Trinajstić information content (AvgIpc) is 2.47. The maximum absolute atomic E-state index is 5.97. The van der Waals surface area contributed by atoms with Crippen molar-refractivity contribution in [3.8, 4) is 12.3 Å². The van der Waals surface area contributed by atoms with Gasteiger partial charge in [0.05, 0.1) is 11.2 Å². The molecule has 0 spiro atoms. The van der Waals surface area contributed by atoms with Crippen molar-refractivity contribution in [3.05, 3.63) is 23.5 Å². The first kappa shape index (κ1) is 13.1. The van der Waals surface area contributed by atoms with E-state index in [2.05, 4.69) is 10.9 Å². The second kappa shape index (κ2) is 4.12. The number of pyridine rings is 1. The molecule has 0 aliphatic carbocycles. The SMILES string of the molecule is C#Cc1cc(C)ncc1B1OC(C)(C)C(C)(C)O1. The summed E-state index contributed by atoms with van der Waals surface area (Å²) in [6.07, 6.45) is 7.28. The largest absolute Gasteiger partial charge is 0.497 e. The third-order valence-corrected chi connectivity index (χ3v) is 3.73. The number of aryl methyl sites for hydroxylation is 1. The van der Waals surface area contributed by atoms with Gasteiger partial charge in [-0.15, -0.1) is 6.42 Å². The van der Waals surface area contributed by atoms with E-state index in [4.69, 9.17) is 15.7 Å². The van der Waals surface area contributed by atoms with Crippen LogP contribution < -0.4 is 5.46 Å². The van der Waals surface area contributed by atoms with Gasteiger partial charge in [-0.2, -0.15) is 0 Å². The molecule has 0 unspecified atom stereocenters. The fraction of sp³-hybridized carbons (Fsp3) is 0.500. The standard InChI is InChI=1S/C14H18BNO2/c1-7-11-8-10(2)16-9-12(11)15-17-13(3,4)14(5,6)18-15/h1,8-9H,2-6H3. The monoisotopic (exact) mass is 243 g/mol. The van der Waals surface area contributed by atoms with Gasteiger partial charge in [0, 0.05) is 22.9 Å². The quantitative estimate of drug-likeness (QED) is 0.555. The summed E-state index contributed by atoms with van der Waals surface area (Å²) in [6, 6.07) is 1.88. The zero-order chi connectivity index (χ0) is 13.6. The summed E-state index contributed by atoms with van der Waals surface area (Å²) in [4.78, 5) is 4.27. The molecule has 18 heavy (non-hydrogen) atoms. The molecule has 0 saturated carbocycles. The van der Waals surface area contributed by atoms with Gasteiger partial charge in [-0.05, 0) is 40.7 Å². The van der Waals surface area contributed by atoms with E-state index in [-0.39, 0.29) is 11.2 Å². The molecular formula is C14H18BNO2. The van der Waals surface area contributed by atoms with Crippen LogP contribution in [0.25, 0.3) is 0 Å². The lowest BCUT2D eigenvalue weighted by molar-refractivity contribution is 0.00578. The van der Waals surface area contributed by atoms with Gasteiger partial charge < -0.3 is 9.31 Å². The molecule has 0 atom stereocenters. The summed E-state index contributed by atoms with van der Waals surface area (Å²) >= 11 is 0. The number of rotatable bonds is 1. The Morgan fingerprint density at radius 1 is 1.22 bits per heavy atom. The number of aromatic nitrogens is 1. The Balaban J connectivity index is 2.39. The zero-order valence-electron chi connectivity index (χ0n) is 11.6. The van der Waals surface area contributed by atoms with Gasteiger partial charge in [0.25, 0.3) is 0 Å². The van der Waals surface area contributed by atoms with Crippen molar-refractivity contribution in [2.75, 3.05) is 0 Å². The molecule has 0 bridgehead atoms. The van der Waals surface area contributed by atoms with Gasteiger partial charge >= 0.3 is 7.12 Å². The van der Waals surface area contributed by atoms with Crippen molar-refractivity contribution in [1.82, 2.24) is 4.98 Å². The maximum atomic E-state index is 5.97. The van der Waals surface area contributed by atoms with E-state index < -0.39 is 7.12 Å². The van der Waals surface area contributed by atoms with E-state index in [1.807, 2.05) is 40.7 Å². The van der Waals surface area contributed by atoms with E-state index in [0.29, 0.717) is 0 Å². The van der Waals surface area contributed by atoms with Crippen LogP contribution in [0.3, 0.4) is 0 Å². The number of nitrogens with zero attached hydrogens (tertiary/aromatic N) is 1. The Labute approximate surface area is 109 Å². The number of terminal acetylenes is 1. The lowest BCUT2D eigenvalue weighted by Crippen LogP contribution is -2.41. The topological polar surface area (TPSA) is 31.4 Å². The highest BCUT2D eigenvalue weighted by Crippen LogP contribution is 2.36. The smallest absolute Gasteiger partial charge is 0.399 e. The molecule has 1 aromatic heterocycles. The first-order valence-corrected chi connectivity index (χ1v) is 6.05. The van der Waals surface area contributed by atoms with E-state index >= 15 is 0 Å². The third-order valence-electron chi connectivity index (χ3n) is 3.73. The Morgan fingerprint density at radius 3 is 2.28 bits per heavy atom. The molecule has 0 aromatic carbocycles. The van der Waals surface area contributed by atoms with Crippen LogP contribution in [0.4, 0.5) is 0 Å². The van der Waals surface area contributed by atoms with Gasteiger partial charge in [-0.3, -0.25) is 4.98 Å². The first-order valence-electron chi connectivity index (χ1n) is 6.05. The van der Waals surface area contributed by atoms with Crippen LogP contribution in [-0.4, -0.2) is 23.3 Å². The third kappa shape index (κ3) is 2.05. The van der Waals surface area contributed by atoms with Crippen LogP contribution in [0.2, 0.25) is 0 Å². The molecule has 0 amide bonds. The van der Waals surface area contributed by atoms with Gasteiger partial charge in [-0.1, -0.05) is 5.92 Å². The summed E-state index contributed by atoms with van der Waals surface area (Å²) < 4.78 is 11.9. The fourth-order valence-corrected chi connectivity index (χ4v) is 1.85. The Bertz CT molecular complexity index is 501. The van der Waals surface area contributed by atoms with Crippen LogP contribution in [-0.2, 0) is 9.31 Å². The van der Waals surface area contributed by atoms with E-state index in [9.17, 15) is 0 Å². The molecule has 1 aliphatic rings. The first-order chi connectivity index (χ1) is 8.27. The molecule has 1 saturated heterocycles. The van der Waals surface area contributed by atoms with Crippen LogP contribution in [0.1, 0.15) is 39.0 Å². The minimum Gasteiger partial charge on any atom is -0.399 e. The molecule has 3 nitrogen and oxygen atoms in total. The van der Waals surface area contributed by atoms with Crippen LogP contribution in [0.15, 0.2) is 12.3 Å². The van der Waals surface area contributed by atoms with Crippen molar-refractivity contribution in [3.63, 3.8) is 0 Å².